The van der Waals surface area contributed by atoms with Gasteiger partial charge in [0.1, 0.15) is 0 Å². The highest BCUT2D eigenvalue weighted by molar-refractivity contribution is 8.14. The second-order valence-corrected chi connectivity index (χ2v) is 6.15. The van der Waals surface area contributed by atoms with Gasteiger partial charge in [-0.3, -0.25) is 4.99 Å². The molecule has 1 unspecified atom stereocenters. The molecule has 0 saturated carbocycles. The fourth-order valence-corrected chi connectivity index (χ4v) is 3.21. The zero-order valence-electron chi connectivity index (χ0n) is 12.2. The van der Waals surface area contributed by atoms with Gasteiger partial charge in [0, 0.05) is 17.5 Å². The average Bonchev–Trinajstić information content (AvgIpc) is 2.42. The van der Waals surface area contributed by atoms with E-state index in [0.29, 0.717) is 12.3 Å². The maximum atomic E-state index is 13.8. The Balaban J connectivity index is 2.12. The standard InChI is InChI=1S/C15H21FN2OS/c1-4-15(3)8-9-20-14(18-15)17-11-6-7-13(19-5-2)12(16)10-11/h6-7,10H,4-5,8-9H2,1-3H3,(H,17,18). The smallest absolute Gasteiger partial charge is 0.167 e. The average molecular weight is 296 g/mol. The van der Waals surface area contributed by atoms with Crippen LogP contribution in [0.5, 0.6) is 5.75 Å². The molecule has 20 heavy (non-hydrogen) atoms. The number of amidine groups is 1. The molecule has 3 nitrogen and oxygen atoms in total. The van der Waals surface area contributed by atoms with Gasteiger partial charge >= 0.3 is 0 Å². The zero-order valence-corrected chi connectivity index (χ0v) is 13.0. The van der Waals surface area contributed by atoms with E-state index in [1.807, 2.05) is 13.0 Å². The van der Waals surface area contributed by atoms with Crippen LogP contribution in [0.4, 0.5) is 10.1 Å². The number of hydrogen-bond acceptors (Lipinski definition) is 4. The second-order valence-electron chi connectivity index (χ2n) is 5.07. The minimum absolute atomic E-state index is 0.00259. The number of ether oxygens (including phenoxy) is 1. The van der Waals surface area contributed by atoms with Gasteiger partial charge in [0.2, 0.25) is 0 Å². The summed E-state index contributed by atoms with van der Waals surface area (Å²) in [6.45, 7) is 6.60. The third kappa shape index (κ3) is 3.66. The summed E-state index contributed by atoms with van der Waals surface area (Å²) in [5.74, 6) is 0.974. The van der Waals surface area contributed by atoms with Crippen LogP contribution < -0.4 is 10.1 Å². The second kappa shape index (κ2) is 6.48. The van der Waals surface area contributed by atoms with Gasteiger partial charge < -0.3 is 10.1 Å². The molecule has 1 aliphatic rings. The number of thioether (sulfide) groups is 1. The Morgan fingerprint density at radius 1 is 1.45 bits per heavy atom. The highest BCUT2D eigenvalue weighted by atomic mass is 32.2. The first-order chi connectivity index (χ1) is 9.56. The topological polar surface area (TPSA) is 33.6 Å². The Morgan fingerprint density at radius 3 is 2.90 bits per heavy atom. The van der Waals surface area contributed by atoms with Gasteiger partial charge in [-0.05, 0) is 38.8 Å². The molecule has 1 aromatic rings. The summed E-state index contributed by atoms with van der Waals surface area (Å²) in [5.41, 5.74) is 0.703. The van der Waals surface area contributed by atoms with Crippen LogP contribution in [-0.4, -0.2) is 23.1 Å². The first-order valence-corrected chi connectivity index (χ1v) is 7.97. The molecule has 0 aliphatic carbocycles. The van der Waals surface area contributed by atoms with Gasteiger partial charge in [-0.15, -0.1) is 0 Å². The number of halogens is 1. The van der Waals surface area contributed by atoms with Gasteiger partial charge in [-0.2, -0.15) is 0 Å². The summed E-state index contributed by atoms with van der Waals surface area (Å²) in [4.78, 5) is 4.73. The van der Waals surface area contributed by atoms with Crippen molar-refractivity contribution in [3.63, 3.8) is 0 Å². The first kappa shape index (κ1) is 15.2. The van der Waals surface area contributed by atoms with Crippen molar-refractivity contribution in [2.24, 2.45) is 4.99 Å². The van der Waals surface area contributed by atoms with Crippen molar-refractivity contribution in [2.75, 3.05) is 17.7 Å². The van der Waals surface area contributed by atoms with Crippen LogP contribution in [0.15, 0.2) is 23.2 Å². The van der Waals surface area contributed by atoms with Crippen LogP contribution in [-0.2, 0) is 0 Å². The predicted octanol–water partition coefficient (Wildman–Crippen LogP) is 4.30. The van der Waals surface area contributed by atoms with E-state index >= 15 is 0 Å². The Kier molecular flexibility index (Phi) is 4.91. The zero-order chi connectivity index (χ0) is 14.6. The predicted molar refractivity (Wildman–Crippen MR) is 84.4 cm³/mol. The minimum Gasteiger partial charge on any atom is -0.491 e. The Bertz CT molecular complexity index is 507. The van der Waals surface area contributed by atoms with Crippen LogP contribution in [0.3, 0.4) is 0 Å². The molecule has 1 aliphatic heterocycles. The highest BCUT2D eigenvalue weighted by Gasteiger charge is 2.26. The molecule has 0 saturated heterocycles. The number of anilines is 1. The SMILES string of the molecule is CCOc1ccc(NC2=NC(C)(CC)CCS2)cc1F. The van der Waals surface area contributed by atoms with Crippen molar-refractivity contribution in [3.8, 4) is 5.75 Å². The summed E-state index contributed by atoms with van der Waals surface area (Å²) in [5, 5.41) is 4.06. The molecular weight excluding hydrogens is 275 g/mol. The maximum Gasteiger partial charge on any atom is 0.167 e. The lowest BCUT2D eigenvalue weighted by Gasteiger charge is -2.29. The molecule has 0 bridgehead atoms. The van der Waals surface area contributed by atoms with E-state index in [1.165, 1.54) is 6.07 Å². The lowest BCUT2D eigenvalue weighted by molar-refractivity contribution is 0.321. The molecule has 110 valence electrons. The third-order valence-electron chi connectivity index (χ3n) is 3.50. The molecule has 1 atom stereocenters. The van der Waals surface area contributed by atoms with E-state index in [4.69, 9.17) is 9.73 Å². The molecule has 1 aromatic carbocycles. The number of hydrogen-bond donors (Lipinski definition) is 1. The van der Waals surface area contributed by atoms with Crippen LogP contribution in [0.1, 0.15) is 33.6 Å². The van der Waals surface area contributed by atoms with Gasteiger partial charge in [-0.1, -0.05) is 18.7 Å². The Morgan fingerprint density at radius 2 is 2.25 bits per heavy atom. The minimum atomic E-state index is -0.350. The number of benzene rings is 1. The number of nitrogens with zero attached hydrogens (tertiary/aromatic N) is 1. The fourth-order valence-electron chi connectivity index (χ4n) is 2.00. The van der Waals surface area contributed by atoms with Crippen LogP contribution >= 0.6 is 11.8 Å². The van der Waals surface area contributed by atoms with Crippen LogP contribution in [0, 0.1) is 5.82 Å². The van der Waals surface area contributed by atoms with Gasteiger partial charge in [0.05, 0.1) is 12.1 Å². The summed E-state index contributed by atoms with van der Waals surface area (Å²) >= 11 is 1.68. The number of rotatable bonds is 4. The normalized spacial score (nSPS) is 22.3. The Labute approximate surface area is 124 Å². The lowest BCUT2D eigenvalue weighted by atomic mass is 9.97. The van der Waals surface area contributed by atoms with Crippen molar-refractivity contribution in [1.29, 1.82) is 0 Å². The van der Waals surface area contributed by atoms with Crippen molar-refractivity contribution in [3.05, 3.63) is 24.0 Å². The summed E-state index contributed by atoms with van der Waals surface area (Å²) in [6.07, 6.45) is 2.09. The van der Waals surface area contributed by atoms with Crippen LogP contribution in [0.2, 0.25) is 0 Å². The molecule has 5 heteroatoms. The number of nitrogens with one attached hydrogen (secondary N) is 1. The monoisotopic (exact) mass is 296 g/mol. The van der Waals surface area contributed by atoms with Gasteiger partial charge in [-0.25, -0.2) is 4.39 Å². The molecule has 0 aromatic heterocycles. The summed E-state index contributed by atoms with van der Waals surface area (Å²) < 4.78 is 19.0. The van der Waals surface area contributed by atoms with E-state index in [-0.39, 0.29) is 17.1 Å². The summed E-state index contributed by atoms with van der Waals surface area (Å²) in [6, 6.07) is 4.91. The molecule has 0 amide bonds. The van der Waals surface area contributed by atoms with Gasteiger partial charge in [0.25, 0.3) is 0 Å². The first-order valence-electron chi connectivity index (χ1n) is 6.98. The van der Waals surface area contributed by atoms with E-state index in [1.54, 1.807) is 17.8 Å². The van der Waals surface area contributed by atoms with Crippen molar-refractivity contribution in [2.45, 2.75) is 39.2 Å². The molecule has 2 rings (SSSR count). The van der Waals surface area contributed by atoms with Crippen LogP contribution in [0.25, 0.3) is 0 Å². The van der Waals surface area contributed by atoms with Crippen molar-refractivity contribution < 1.29 is 9.13 Å². The van der Waals surface area contributed by atoms with Gasteiger partial charge in [0.15, 0.2) is 16.7 Å². The molecule has 0 spiro atoms. The van der Waals surface area contributed by atoms with Crippen molar-refractivity contribution >= 4 is 22.6 Å². The van der Waals surface area contributed by atoms with E-state index in [2.05, 4.69) is 19.2 Å². The molecule has 1 heterocycles. The van der Waals surface area contributed by atoms with E-state index in [0.717, 1.165) is 23.8 Å². The van der Waals surface area contributed by atoms with E-state index in [9.17, 15) is 4.39 Å². The number of aliphatic imine (C=N–C) groups is 1. The maximum absolute atomic E-state index is 13.8. The molecular formula is C15H21FN2OS. The quantitative estimate of drug-likeness (QED) is 0.899. The molecule has 0 fully saturated rings. The summed E-state index contributed by atoms with van der Waals surface area (Å²) in [7, 11) is 0. The Hall–Kier alpha value is -1.23. The lowest BCUT2D eigenvalue weighted by Crippen LogP contribution is -2.29. The largest absolute Gasteiger partial charge is 0.491 e. The fraction of sp³-hybridized carbons (Fsp3) is 0.533. The van der Waals surface area contributed by atoms with Crippen molar-refractivity contribution in [1.82, 2.24) is 0 Å². The van der Waals surface area contributed by atoms with E-state index < -0.39 is 0 Å². The molecule has 0 radical (unpaired) electrons. The third-order valence-corrected chi connectivity index (χ3v) is 4.37. The highest BCUT2D eigenvalue weighted by Crippen LogP contribution is 2.30. The molecule has 1 N–H and O–H groups in total.